The molecule has 0 N–H and O–H groups in total. The molecule has 52 heavy (non-hydrogen) atoms. The van der Waals surface area contributed by atoms with Gasteiger partial charge in [-0.25, -0.2) is 0 Å². The lowest BCUT2D eigenvalue weighted by atomic mass is 9.94. The van der Waals surface area contributed by atoms with E-state index in [9.17, 15) is 29.7 Å². The van der Waals surface area contributed by atoms with Crippen LogP contribution in [0.25, 0.3) is 72.2 Å². The summed E-state index contributed by atoms with van der Waals surface area (Å²) in [6.45, 7) is 23.9. The maximum atomic E-state index is 14.8. The normalized spacial score (nSPS) is 12.7. The highest BCUT2D eigenvalue weighted by atomic mass is 32.2. The summed E-state index contributed by atoms with van der Waals surface area (Å²) in [5.41, 5.74) is -2.34. The molecule has 0 fully saturated rings. The van der Waals surface area contributed by atoms with E-state index in [1.165, 1.54) is 9.13 Å². The molecule has 0 saturated carbocycles. The summed E-state index contributed by atoms with van der Waals surface area (Å²) in [5.74, 6) is -0.120. The van der Waals surface area contributed by atoms with E-state index in [4.69, 9.17) is 13.1 Å². The zero-order chi connectivity index (χ0) is 37.4. The van der Waals surface area contributed by atoms with E-state index in [0.717, 1.165) is 96.7 Å². The Morgan fingerprint density at radius 1 is 0.615 bits per heavy atom. The first-order valence-electron chi connectivity index (χ1n) is 17.3. The highest BCUT2D eigenvalue weighted by molar-refractivity contribution is 7.38. The minimum Gasteiger partial charge on any atom is -0.274 e. The summed E-state index contributed by atoms with van der Waals surface area (Å²) >= 11 is 4.30. The van der Waals surface area contributed by atoms with Gasteiger partial charge in [0.2, 0.25) is 0 Å². The van der Waals surface area contributed by atoms with E-state index < -0.39 is 22.2 Å². The van der Waals surface area contributed by atoms with E-state index in [-0.39, 0.29) is 68.6 Å². The van der Waals surface area contributed by atoms with E-state index in [0.29, 0.717) is 26.5 Å². The molecule has 4 heterocycles. The van der Waals surface area contributed by atoms with Crippen molar-refractivity contribution in [1.29, 1.82) is 10.5 Å². The molecule has 0 aliphatic heterocycles. The topological polar surface area (TPSA) is 134 Å². The summed E-state index contributed by atoms with van der Waals surface area (Å²) in [6.07, 6.45) is 6.89. The quantitative estimate of drug-likeness (QED) is 0.0925. The Morgan fingerprint density at radius 3 is 1.25 bits per heavy atom. The summed E-state index contributed by atoms with van der Waals surface area (Å²) in [6, 6.07) is 3.87. The molecule has 2 atom stereocenters. The van der Waals surface area contributed by atoms with Gasteiger partial charge in [-0.1, -0.05) is 66.2 Å². The Kier molecular flexibility index (Phi) is 10.8. The average molecular weight is 767 g/mol. The lowest BCUT2D eigenvalue weighted by Gasteiger charge is -2.20. The maximum absolute atomic E-state index is 14.8. The Hall–Kier alpha value is -4.70. The van der Waals surface area contributed by atoms with Crippen molar-refractivity contribution in [3.8, 4) is 12.1 Å². The molecule has 10 nitrogen and oxygen atoms in total. The van der Waals surface area contributed by atoms with Crippen molar-refractivity contribution in [1.82, 2.24) is 9.13 Å². The molecule has 6 rings (SSSR count). The molecule has 264 valence electrons. The fraction of sp³-hybridized carbons (Fsp3) is 0.421. The number of aromatic nitrogens is 2. The van der Waals surface area contributed by atoms with Gasteiger partial charge < -0.3 is 0 Å². The van der Waals surface area contributed by atoms with E-state index in [2.05, 4.69) is 23.5 Å². The van der Waals surface area contributed by atoms with Crippen LogP contribution in [0.1, 0.15) is 79.1 Å². The van der Waals surface area contributed by atoms with Crippen molar-refractivity contribution in [2.24, 2.45) is 11.8 Å². The standard InChI is InChI=1S/C38H34N6O4S4/c1-7-11-13-19(9-3)17-43-33(45)24-22-23-25(29-28(24)49-37(50-29)21(15-39)16-40)34(46)44(18-20(10-4)14-12-8-2)36(48)27(23)31-30(26(22)35(43)47)51-38(52-31)32(41-5)42-6/h19-20H,7-14,17-18H2,1-4H3. The number of nitriles is 2. The van der Waals surface area contributed by atoms with E-state index in [1.54, 1.807) is 0 Å². The number of unbranched alkanes of at least 4 members (excludes halogenated alkanes) is 2. The van der Waals surface area contributed by atoms with Crippen molar-refractivity contribution in [2.75, 3.05) is 0 Å². The zero-order valence-corrected chi connectivity index (χ0v) is 32.4. The Morgan fingerprint density at radius 2 is 0.962 bits per heavy atom. The summed E-state index contributed by atoms with van der Waals surface area (Å²) in [7, 11) is 0. The second-order valence-corrected chi connectivity index (χ2v) is 17.6. The average Bonchev–Trinajstić information content (AvgIpc) is 3.78. The number of benzene rings is 2. The van der Waals surface area contributed by atoms with Gasteiger partial charge in [-0.15, -0.1) is 45.3 Å². The number of rotatable bonds is 12. The molecule has 2 unspecified atom stereocenters. The predicted molar refractivity (Wildman–Crippen MR) is 215 cm³/mol. The van der Waals surface area contributed by atoms with E-state index in [1.807, 2.05) is 26.0 Å². The first-order chi connectivity index (χ1) is 25.1. The van der Waals surface area contributed by atoms with Crippen molar-refractivity contribution in [3.05, 3.63) is 71.9 Å². The fourth-order valence-electron chi connectivity index (χ4n) is 7.11. The van der Waals surface area contributed by atoms with Crippen LogP contribution < -0.4 is 29.9 Å². The third kappa shape index (κ3) is 5.85. The van der Waals surface area contributed by atoms with Crippen LogP contribution in [-0.2, 0) is 13.1 Å². The van der Waals surface area contributed by atoms with Crippen LogP contribution >= 0.6 is 45.3 Å². The zero-order valence-electron chi connectivity index (χ0n) is 29.2. The smallest absolute Gasteiger partial charge is 0.274 e. The highest BCUT2D eigenvalue weighted by Crippen LogP contribution is 2.44. The Bertz CT molecular complexity index is 2600. The summed E-state index contributed by atoms with van der Waals surface area (Å²) in [5, 5.41) is 20.8. The SMILES string of the molecule is [C-]#[N+]C([N+]#[C-])=c1sc2c(s1)c1c(=O)n(CC(CC)CCCC)c(=O)c3c4sc(=C(C#N)C#N)sc4c4c(=O)n(CC(CC)CCCC)c(=O)c2c4c31. The number of hydrogen-bond donors (Lipinski definition) is 0. The second-order valence-electron chi connectivity index (χ2n) is 13.0. The van der Waals surface area contributed by atoms with Crippen molar-refractivity contribution < 1.29 is 0 Å². The van der Waals surface area contributed by atoms with Crippen molar-refractivity contribution >= 4 is 108 Å². The summed E-state index contributed by atoms with van der Waals surface area (Å²) in [4.78, 5) is 66.0. The fourth-order valence-corrected chi connectivity index (χ4v) is 12.4. The first kappa shape index (κ1) is 37.1. The molecule has 0 bridgehead atoms. The molecule has 0 saturated heterocycles. The third-order valence-electron chi connectivity index (χ3n) is 9.98. The third-order valence-corrected chi connectivity index (χ3v) is 15.2. The van der Waals surface area contributed by atoms with E-state index >= 15 is 0 Å². The molecule has 4 aromatic heterocycles. The van der Waals surface area contributed by atoms with Crippen LogP contribution in [0.2, 0.25) is 0 Å². The van der Waals surface area contributed by atoms with Gasteiger partial charge in [0.25, 0.3) is 22.2 Å². The van der Waals surface area contributed by atoms with Gasteiger partial charge in [0.05, 0.1) is 40.3 Å². The molecule has 0 aliphatic rings. The van der Waals surface area contributed by atoms with Crippen LogP contribution in [0.4, 0.5) is 0 Å². The Labute approximate surface area is 314 Å². The molecule has 14 heteroatoms. The largest absolute Gasteiger partial charge is 0.546 e. The van der Waals surface area contributed by atoms with Gasteiger partial charge in [0, 0.05) is 23.9 Å². The van der Waals surface area contributed by atoms with Crippen LogP contribution in [0.3, 0.4) is 0 Å². The van der Waals surface area contributed by atoms with Gasteiger partial charge in [0.15, 0.2) is 9.42 Å². The number of pyridine rings is 2. The highest BCUT2D eigenvalue weighted by Gasteiger charge is 2.31. The minimum atomic E-state index is -0.548. The second kappa shape index (κ2) is 15.1. The lowest BCUT2D eigenvalue weighted by Crippen LogP contribution is -2.37. The number of hydrogen-bond acceptors (Lipinski definition) is 10. The monoisotopic (exact) mass is 766 g/mol. The lowest BCUT2D eigenvalue weighted by molar-refractivity contribution is 0.382. The first-order valence-corrected chi connectivity index (χ1v) is 20.6. The molecular formula is C38H34N6O4S4. The van der Waals surface area contributed by atoms with Gasteiger partial charge in [-0.2, -0.15) is 20.2 Å². The molecule has 0 aliphatic carbocycles. The number of nitrogens with zero attached hydrogens (tertiary/aromatic N) is 6. The van der Waals surface area contributed by atoms with Crippen LogP contribution in [-0.4, -0.2) is 9.13 Å². The predicted octanol–water partition coefficient (Wildman–Crippen LogP) is 7.72. The minimum absolute atomic E-state index is 0.0360. The number of fused-ring (bicyclic) bond motifs is 6. The van der Waals surface area contributed by atoms with Gasteiger partial charge in [-0.05, 0) is 24.7 Å². The van der Waals surface area contributed by atoms with Gasteiger partial charge in [0.1, 0.15) is 29.1 Å². The van der Waals surface area contributed by atoms with Gasteiger partial charge in [-0.3, -0.25) is 28.3 Å². The molecule has 2 aromatic carbocycles. The van der Waals surface area contributed by atoms with Crippen LogP contribution in [0.15, 0.2) is 19.2 Å². The van der Waals surface area contributed by atoms with Crippen molar-refractivity contribution in [3.63, 3.8) is 0 Å². The Balaban J connectivity index is 1.97. The summed E-state index contributed by atoms with van der Waals surface area (Å²) < 4.78 is 4.74. The van der Waals surface area contributed by atoms with Crippen LogP contribution in [0, 0.1) is 47.6 Å². The van der Waals surface area contributed by atoms with Crippen LogP contribution in [0.5, 0.6) is 0 Å². The van der Waals surface area contributed by atoms with Gasteiger partial charge >= 0.3 is 5.82 Å². The molecule has 6 aromatic rings. The molecule has 0 spiro atoms. The molecular weight excluding hydrogens is 733 g/mol. The van der Waals surface area contributed by atoms with Crippen molar-refractivity contribution in [2.45, 2.75) is 92.2 Å². The maximum Gasteiger partial charge on any atom is 0.546 e. The molecule has 0 radical (unpaired) electrons. The molecule has 0 amide bonds.